The van der Waals surface area contributed by atoms with Crippen LogP contribution in [0.15, 0.2) is 25.9 Å². The summed E-state index contributed by atoms with van der Waals surface area (Å²) in [6, 6.07) is 3.30. The second kappa shape index (κ2) is 4.00. The quantitative estimate of drug-likeness (QED) is 0.880. The summed E-state index contributed by atoms with van der Waals surface area (Å²) in [5.41, 5.74) is 0.437. The molecule has 2 aromatic rings. The van der Waals surface area contributed by atoms with Crippen LogP contribution in [0.5, 0.6) is 0 Å². The minimum Gasteiger partial charge on any atom is -0.296 e. The van der Waals surface area contributed by atoms with Gasteiger partial charge in [0.05, 0.1) is 15.6 Å². The maximum Gasteiger partial charge on any atom is 0.439 e. The van der Waals surface area contributed by atoms with Crippen molar-refractivity contribution in [3.05, 3.63) is 37.2 Å². The fourth-order valence-corrected chi connectivity index (χ4v) is 2.49. The van der Waals surface area contributed by atoms with Crippen LogP contribution < -0.4 is 5.76 Å². The molecule has 0 fully saturated rings. The van der Waals surface area contributed by atoms with Gasteiger partial charge in [-0.15, -0.1) is 0 Å². The van der Waals surface area contributed by atoms with Crippen LogP contribution in [0.2, 0.25) is 10.0 Å². The lowest BCUT2D eigenvalue weighted by Crippen LogP contribution is -1.95. The molecule has 0 atom stereocenters. The van der Waals surface area contributed by atoms with E-state index in [1.807, 2.05) is 0 Å². The molecule has 0 amide bonds. The molecular formula is C8H3BrCl2N2O2. The summed E-state index contributed by atoms with van der Waals surface area (Å²) >= 11 is 15.2. The Morgan fingerprint density at radius 1 is 1.33 bits per heavy atom. The van der Waals surface area contributed by atoms with Gasteiger partial charge in [-0.25, -0.2) is 4.79 Å². The number of hydrogen-bond donors (Lipinski definition) is 1. The molecule has 0 saturated carbocycles. The molecule has 78 valence electrons. The van der Waals surface area contributed by atoms with Crippen molar-refractivity contribution >= 4 is 39.1 Å². The largest absolute Gasteiger partial charge is 0.439 e. The first kappa shape index (κ1) is 10.7. The zero-order valence-corrected chi connectivity index (χ0v) is 10.2. The third kappa shape index (κ3) is 2.09. The molecule has 0 spiro atoms. The fourth-order valence-electron chi connectivity index (χ4n) is 1.11. The van der Waals surface area contributed by atoms with Gasteiger partial charge in [0.2, 0.25) is 0 Å². The van der Waals surface area contributed by atoms with Gasteiger partial charge in [-0.3, -0.25) is 9.51 Å². The Morgan fingerprint density at radius 2 is 1.93 bits per heavy atom. The van der Waals surface area contributed by atoms with Crippen LogP contribution in [0.3, 0.4) is 0 Å². The van der Waals surface area contributed by atoms with E-state index in [1.165, 1.54) is 0 Å². The summed E-state index contributed by atoms with van der Waals surface area (Å²) in [5, 5.41) is 4.26. The number of H-pyrrole nitrogens is 1. The summed E-state index contributed by atoms with van der Waals surface area (Å²) < 4.78 is 5.11. The van der Waals surface area contributed by atoms with Crippen LogP contribution in [-0.2, 0) is 0 Å². The number of aromatic nitrogens is 2. The Bertz CT molecular complexity index is 541. The maximum atomic E-state index is 10.8. The zero-order chi connectivity index (χ0) is 11.0. The predicted molar refractivity (Wildman–Crippen MR) is 60.3 cm³/mol. The summed E-state index contributed by atoms with van der Waals surface area (Å²) in [4.78, 5) is 13.1. The lowest BCUT2D eigenvalue weighted by atomic mass is 10.2. The molecular weight excluding hydrogens is 307 g/mol. The molecule has 0 aliphatic rings. The van der Waals surface area contributed by atoms with E-state index in [0.29, 0.717) is 15.6 Å². The lowest BCUT2D eigenvalue weighted by Gasteiger charge is -2.02. The van der Waals surface area contributed by atoms with E-state index in [4.69, 9.17) is 23.2 Å². The standard InChI is InChI=1S/C8H3BrCl2N2O2/c9-3-1-4(10)6(5(11)2-3)7-12-8(14)15-13-7/h1-2H,(H,12,13,14). The zero-order valence-electron chi connectivity index (χ0n) is 7.05. The number of nitrogens with one attached hydrogen (secondary N) is 1. The Morgan fingerprint density at radius 3 is 2.40 bits per heavy atom. The first-order valence-corrected chi connectivity index (χ1v) is 5.34. The van der Waals surface area contributed by atoms with Crippen molar-refractivity contribution in [1.29, 1.82) is 0 Å². The molecule has 1 N–H and O–H groups in total. The van der Waals surface area contributed by atoms with Gasteiger partial charge in [0, 0.05) is 4.47 Å². The normalized spacial score (nSPS) is 10.6. The highest BCUT2D eigenvalue weighted by Gasteiger charge is 2.13. The molecule has 1 aromatic heterocycles. The van der Waals surface area contributed by atoms with Crippen molar-refractivity contribution in [3.63, 3.8) is 0 Å². The van der Waals surface area contributed by atoms with Crippen molar-refractivity contribution in [3.8, 4) is 11.4 Å². The van der Waals surface area contributed by atoms with E-state index >= 15 is 0 Å². The average Bonchev–Trinajstić information content (AvgIpc) is 2.49. The molecule has 15 heavy (non-hydrogen) atoms. The molecule has 0 aliphatic heterocycles. The molecule has 0 radical (unpaired) electrons. The smallest absolute Gasteiger partial charge is 0.296 e. The first-order valence-electron chi connectivity index (χ1n) is 3.79. The molecule has 0 saturated heterocycles. The highest BCUT2D eigenvalue weighted by atomic mass is 79.9. The van der Waals surface area contributed by atoms with Gasteiger partial charge in [0.25, 0.3) is 0 Å². The number of halogens is 3. The number of nitrogens with zero attached hydrogens (tertiary/aromatic N) is 1. The Balaban J connectivity index is 2.67. The molecule has 7 heteroatoms. The SMILES string of the molecule is O=c1[nH]c(-c2c(Cl)cc(Br)cc2Cl)no1. The Hall–Kier alpha value is -0.780. The molecule has 2 rings (SSSR count). The van der Waals surface area contributed by atoms with Gasteiger partial charge in [-0.05, 0) is 12.1 Å². The van der Waals surface area contributed by atoms with Gasteiger partial charge < -0.3 is 0 Å². The van der Waals surface area contributed by atoms with Gasteiger partial charge in [-0.2, -0.15) is 0 Å². The molecule has 1 aromatic carbocycles. The third-order valence-electron chi connectivity index (χ3n) is 1.68. The Kier molecular flexibility index (Phi) is 2.86. The average molecular weight is 310 g/mol. The number of aromatic amines is 1. The van der Waals surface area contributed by atoms with Gasteiger partial charge in [0.1, 0.15) is 0 Å². The summed E-state index contributed by atoms with van der Waals surface area (Å²) in [7, 11) is 0. The van der Waals surface area contributed by atoms with Crippen LogP contribution in [0.4, 0.5) is 0 Å². The van der Waals surface area contributed by atoms with Crippen LogP contribution in [0.25, 0.3) is 11.4 Å². The lowest BCUT2D eigenvalue weighted by molar-refractivity contribution is 0.388. The van der Waals surface area contributed by atoms with Gasteiger partial charge in [0.15, 0.2) is 5.82 Å². The van der Waals surface area contributed by atoms with Gasteiger partial charge in [-0.1, -0.05) is 44.3 Å². The minimum atomic E-state index is -0.653. The van der Waals surface area contributed by atoms with Crippen molar-refractivity contribution in [2.45, 2.75) is 0 Å². The first-order chi connectivity index (χ1) is 7.08. The van der Waals surface area contributed by atoms with Crippen molar-refractivity contribution < 1.29 is 4.52 Å². The Labute approximate surface area is 102 Å². The minimum absolute atomic E-state index is 0.211. The second-order valence-electron chi connectivity index (χ2n) is 2.69. The van der Waals surface area contributed by atoms with Crippen LogP contribution in [-0.4, -0.2) is 10.1 Å². The van der Waals surface area contributed by atoms with E-state index < -0.39 is 5.76 Å². The van der Waals surface area contributed by atoms with Crippen molar-refractivity contribution in [2.75, 3.05) is 0 Å². The van der Waals surface area contributed by atoms with E-state index in [9.17, 15) is 4.79 Å². The summed E-state index contributed by atoms with van der Waals surface area (Å²) in [5.74, 6) is -0.442. The van der Waals surface area contributed by atoms with E-state index in [0.717, 1.165) is 4.47 Å². The molecule has 4 nitrogen and oxygen atoms in total. The van der Waals surface area contributed by atoms with Crippen LogP contribution in [0, 0.1) is 0 Å². The fraction of sp³-hybridized carbons (Fsp3) is 0. The topological polar surface area (TPSA) is 58.9 Å². The monoisotopic (exact) mass is 308 g/mol. The van der Waals surface area contributed by atoms with Crippen molar-refractivity contribution in [2.24, 2.45) is 0 Å². The summed E-state index contributed by atoms with van der Waals surface area (Å²) in [6.45, 7) is 0. The molecule has 0 aliphatic carbocycles. The molecule has 0 bridgehead atoms. The molecule has 1 heterocycles. The van der Waals surface area contributed by atoms with Crippen molar-refractivity contribution in [1.82, 2.24) is 10.1 Å². The predicted octanol–water partition coefficient (Wildman–Crippen LogP) is 3.10. The number of rotatable bonds is 1. The van der Waals surface area contributed by atoms with E-state index in [-0.39, 0.29) is 5.82 Å². The van der Waals surface area contributed by atoms with E-state index in [2.05, 4.69) is 30.6 Å². The summed E-state index contributed by atoms with van der Waals surface area (Å²) in [6.07, 6.45) is 0. The van der Waals surface area contributed by atoms with Gasteiger partial charge >= 0.3 is 5.76 Å². The van der Waals surface area contributed by atoms with E-state index in [1.54, 1.807) is 12.1 Å². The number of benzene rings is 1. The maximum absolute atomic E-state index is 10.8. The highest BCUT2D eigenvalue weighted by molar-refractivity contribution is 9.10. The second-order valence-corrected chi connectivity index (χ2v) is 4.42. The molecule has 0 unspecified atom stereocenters. The van der Waals surface area contributed by atoms with Crippen LogP contribution >= 0.6 is 39.1 Å². The third-order valence-corrected chi connectivity index (χ3v) is 2.74. The number of hydrogen-bond acceptors (Lipinski definition) is 3. The van der Waals surface area contributed by atoms with Crippen LogP contribution in [0.1, 0.15) is 0 Å². The highest BCUT2D eigenvalue weighted by Crippen LogP contribution is 2.34.